The summed E-state index contributed by atoms with van der Waals surface area (Å²) in [6, 6.07) is 5.21. The molecule has 18 nitrogen and oxygen atoms in total. The molecule has 65 heavy (non-hydrogen) atoms. The van der Waals surface area contributed by atoms with Gasteiger partial charge in [0, 0.05) is 25.9 Å². The lowest BCUT2D eigenvalue weighted by Crippen LogP contribution is -2.62. The molecule has 18 heteroatoms. The Balaban J connectivity index is 1.56. The molecule has 10 atom stereocenters. The predicted molar refractivity (Wildman–Crippen MR) is 239 cm³/mol. The minimum Gasteiger partial charge on any atom is -0.508 e. The topological polar surface area (TPSA) is 256 Å². The molecule has 0 spiro atoms. The second-order valence-corrected chi connectivity index (χ2v) is 18.1. The molecule has 3 aliphatic rings. The molecule has 3 aliphatic heterocycles. The Hall–Kier alpha value is -6.04. The van der Waals surface area contributed by atoms with Crippen LogP contribution in [0.15, 0.2) is 54.6 Å². The van der Waals surface area contributed by atoms with Crippen LogP contribution in [0.4, 0.5) is 0 Å². The van der Waals surface area contributed by atoms with E-state index in [2.05, 4.69) is 31.9 Å². The molecule has 0 bridgehead atoms. The summed E-state index contributed by atoms with van der Waals surface area (Å²) >= 11 is 0. The number of rotatable bonds is 9. The SMILES string of the molecule is CCC(C)C1NC(=O)C(CC(C)C)NC(=O)C2CCCN2C(=O)C(Cc2ccc(O)cc2)NC(=O)C(Cc2ccccc2)NC(=O)C(C(C)O)NC(=O)C2CCCN2C(=O)C(C)NC1=O. The van der Waals surface area contributed by atoms with Crippen LogP contribution in [0.25, 0.3) is 0 Å². The number of benzene rings is 2. The van der Waals surface area contributed by atoms with E-state index in [1.165, 1.54) is 35.8 Å². The van der Waals surface area contributed by atoms with Crippen LogP contribution in [-0.2, 0) is 51.2 Å². The minimum atomic E-state index is -1.58. The van der Waals surface area contributed by atoms with E-state index < -0.39 is 108 Å². The smallest absolute Gasteiger partial charge is 0.246 e. The van der Waals surface area contributed by atoms with Crippen LogP contribution in [0.1, 0.15) is 91.2 Å². The minimum absolute atomic E-state index is 0.0163. The lowest BCUT2D eigenvalue weighted by molar-refractivity contribution is -0.143. The van der Waals surface area contributed by atoms with Gasteiger partial charge in [-0.3, -0.25) is 38.4 Å². The maximum Gasteiger partial charge on any atom is 0.246 e. The second-order valence-electron chi connectivity index (χ2n) is 18.1. The highest BCUT2D eigenvalue weighted by molar-refractivity contribution is 5.99. The first-order valence-corrected chi connectivity index (χ1v) is 22.8. The number of amides is 8. The summed E-state index contributed by atoms with van der Waals surface area (Å²) in [7, 11) is 0. The third-order valence-corrected chi connectivity index (χ3v) is 12.5. The number of carbonyl (C=O) groups excluding carboxylic acids is 8. The molecule has 3 saturated heterocycles. The first-order valence-electron chi connectivity index (χ1n) is 22.8. The molecule has 0 aromatic heterocycles. The van der Waals surface area contributed by atoms with Gasteiger partial charge in [-0.2, -0.15) is 0 Å². The van der Waals surface area contributed by atoms with Gasteiger partial charge in [-0.25, -0.2) is 0 Å². The molecule has 3 heterocycles. The molecule has 354 valence electrons. The molecule has 0 saturated carbocycles. The van der Waals surface area contributed by atoms with Crippen LogP contribution in [-0.4, -0.2) is 135 Å². The second kappa shape index (κ2) is 22.7. The van der Waals surface area contributed by atoms with E-state index in [4.69, 9.17) is 0 Å². The van der Waals surface area contributed by atoms with Gasteiger partial charge in [0.2, 0.25) is 47.3 Å². The van der Waals surface area contributed by atoms with E-state index in [1.807, 2.05) is 20.8 Å². The number of nitrogens with one attached hydrogen (secondary N) is 6. The van der Waals surface area contributed by atoms with E-state index >= 15 is 0 Å². The number of phenols is 1. The summed E-state index contributed by atoms with van der Waals surface area (Å²) in [6.07, 6.45) is 0.452. The van der Waals surface area contributed by atoms with Crippen molar-refractivity contribution in [1.82, 2.24) is 41.7 Å². The van der Waals surface area contributed by atoms with E-state index in [0.717, 1.165) is 0 Å². The number of phenolic OH excluding ortho intramolecular Hbond substituents is 1. The summed E-state index contributed by atoms with van der Waals surface area (Å²) in [5.41, 5.74) is 1.21. The fourth-order valence-corrected chi connectivity index (χ4v) is 8.66. The Morgan fingerprint density at radius 1 is 0.585 bits per heavy atom. The molecule has 0 radical (unpaired) electrons. The Morgan fingerprint density at radius 2 is 1.08 bits per heavy atom. The molecule has 8 amide bonds. The van der Waals surface area contributed by atoms with Crippen molar-refractivity contribution >= 4 is 47.3 Å². The highest BCUT2D eigenvalue weighted by atomic mass is 16.3. The highest BCUT2D eigenvalue weighted by Gasteiger charge is 2.43. The Bertz CT molecular complexity index is 2030. The number of aliphatic hydroxyl groups excluding tert-OH is 1. The van der Waals surface area contributed by atoms with Gasteiger partial charge >= 0.3 is 0 Å². The fraction of sp³-hybridized carbons (Fsp3) is 0.574. The largest absolute Gasteiger partial charge is 0.508 e. The normalized spacial score (nSPS) is 27.9. The zero-order chi connectivity index (χ0) is 47.5. The van der Waals surface area contributed by atoms with Crippen LogP contribution >= 0.6 is 0 Å². The van der Waals surface area contributed by atoms with Gasteiger partial charge in [-0.15, -0.1) is 0 Å². The highest BCUT2D eigenvalue weighted by Crippen LogP contribution is 2.23. The number of aliphatic hydroxyl groups is 1. The molecule has 10 unspecified atom stereocenters. The lowest BCUT2D eigenvalue weighted by atomic mass is 9.96. The van der Waals surface area contributed by atoms with Gasteiger partial charge in [0.05, 0.1) is 6.10 Å². The maximum absolute atomic E-state index is 14.7. The number of fused-ring (bicyclic) bond motifs is 2. The fourth-order valence-electron chi connectivity index (χ4n) is 8.66. The molecule has 2 aromatic carbocycles. The van der Waals surface area contributed by atoms with Crippen LogP contribution < -0.4 is 31.9 Å². The van der Waals surface area contributed by atoms with Crippen LogP contribution in [0, 0.1) is 11.8 Å². The molecule has 0 aliphatic carbocycles. The van der Waals surface area contributed by atoms with Crippen molar-refractivity contribution in [2.45, 2.75) is 147 Å². The molecule has 2 aromatic rings. The van der Waals surface area contributed by atoms with E-state index in [1.54, 1.807) is 49.4 Å². The van der Waals surface area contributed by atoms with Crippen molar-refractivity contribution in [3.63, 3.8) is 0 Å². The summed E-state index contributed by atoms with van der Waals surface area (Å²) < 4.78 is 0. The number of aromatic hydroxyl groups is 1. The van der Waals surface area contributed by atoms with Gasteiger partial charge in [0.1, 0.15) is 54.1 Å². The van der Waals surface area contributed by atoms with Gasteiger partial charge in [-0.05, 0) is 81.0 Å². The number of hydrogen-bond donors (Lipinski definition) is 8. The van der Waals surface area contributed by atoms with Crippen molar-refractivity contribution in [3.8, 4) is 5.75 Å². The van der Waals surface area contributed by atoms with Crippen LogP contribution in [0.2, 0.25) is 0 Å². The van der Waals surface area contributed by atoms with Crippen LogP contribution in [0.3, 0.4) is 0 Å². The zero-order valence-electron chi connectivity index (χ0n) is 38.2. The van der Waals surface area contributed by atoms with E-state index in [0.29, 0.717) is 30.4 Å². The average molecular weight is 903 g/mol. The maximum atomic E-state index is 14.7. The van der Waals surface area contributed by atoms with E-state index in [-0.39, 0.29) is 56.9 Å². The van der Waals surface area contributed by atoms with Crippen molar-refractivity contribution in [2.75, 3.05) is 13.1 Å². The standard InChI is InChI=1S/C47H66N8O10/c1-7-27(4)38-44(62)48-28(5)46(64)54-21-11-16-37(54)43(61)53-39(29(6)56)45(63)50-34(24-30-13-9-8-10-14-30)40(58)51-35(25-31-17-19-32(57)20-18-31)47(65)55-22-12-15-36(55)42(60)49-33(23-26(2)3)41(59)52-38/h8-10,13-14,17-20,26-29,33-39,56-57H,7,11-12,15-16,21-25H2,1-6H3,(H,48,62)(H,49,60)(H,50,63)(H,51,58)(H,52,59)(H,53,61). The number of hydrogen-bond acceptors (Lipinski definition) is 10. The molecular weight excluding hydrogens is 837 g/mol. The Labute approximate surface area is 380 Å². The first kappa shape index (κ1) is 50.0. The van der Waals surface area contributed by atoms with Gasteiger partial charge in [0.15, 0.2) is 0 Å². The van der Waals surface area contributed by atoms with Gasteiger partial charge < -0.3 is 51.9 Å². The Kier molecular flexibility index (Phi) is 17.5. The third kappa shape index (κ3) is 13.0. The van der Waals surface area contributed by atoms with E-state index in [9.17, 15) is 48.6 Å². The number of carbonyl (C=O) groups is 8. The summed E-state index contributed by atoms with van der Waals surface area (Å²) in [6.45, 7) is 10.5. The van der Waals surface area contributed by atoms with Gasteiger partial charge in [0.25, 0.3) is 0 Å². The predicted octanol–water partition coefficient (Wildman–Crippen LogP) is 0.575. The quantitative estimate of drug-likeness (QED) is 0.174. The van der Waals surface area contributed by atoms with Crippen molar-refractivity contribution in [3.05, 3.63) is 65.7 Å². The molecule has 8 N–H and O–H groups in total. The molecular formula is C47H66N8O10. The first-order chi connectivity index (χ1) is 30.9. The lowest BCUT2D eigenvalue weighted by Gasteiger charge is -2.33. The summed E-state index contributed by atoms with van der Waals surface area (Å²) in [5, 5.41) is 37.4. The third-order valence-electron chi connectivity index (χ3n) is 12.5. The molecule has 3 fully saturated rings. The van der Waals surface area contributed by atoms with Crippen molar-refractivity contribution in [1.29, 1.82) is 0 Å². The Morgan fingerprint density at radius 3 is 1.66 bits per heavy atom. The summed E-state index contributed by atoms with van der Waals surface area (Å²) in [4.78, 5) is 116. The summed E-state index contributed by atoms with van der Waals surface area (Å²) in [5.74, 6) is -5.91. The van der Waals surface area contributed by atoms with Crippen molar-refractivity contribution in [2.24, 2.45) is 11.8 Å². The van der Waals surface area contributed by atoms with Crippen molar-refractivity contribution < 1.29 is 48.6 Å². The van der Waals surface area contributed by atoms with Crippen LogP contribution in [0.5, 0.6) is 5.75 Å². The van der Waals surface area contributed by atoms with Gasteiger partial charge in [-0.1, -0.05) is 76.6 Å². The zero-order valence-corrected chi connectivity index (χ0v) is 38.2. The molecule has 5 rings (SSSR count). The number of nitrogens with zero attached hydrogens (tertiary/aromatic N) is 2. The monoisotopic (exact) mass is 902 g/mol. The average Bonchev–Trinajstić information content (AvgIpc) is 3.97.